The lowest BCUT2D eigenvalue weighted by molar-refractivity contribution is 0.247. The molecule has 1 aromatic carbocycles. The Morgan fingerprint density at radius 3 is 3.12 bits per heavy atom. The molecule has 0 aromatic heterocycles. The first kappa shape index (κ1) is 11.0. The summed E-state index contributed by atoms with van der Waals surface area (Å²) >= 11 is 0. The number of hydrogen-bond acceptors (Lipinski definition) is 3. The molecule has 16 heavy (non-hydrogen) atoms. The van der Waals surface area contributed by atoms with Crippen LogP contribution in [0.3, 0.4) is 0 Å². The molecule has 0 radical (unpaired) electrons. The maximum Gasteiger partial charge on any atom is 0.123 e. The third-order valence-electron chi connectivity index (χ3n) is 2.73. The number of hydrogen-bond donors (Lipinski definition) is 1. The molecule has 3 nitrogen and oxygen atoms in total. The van der Waals surface area contributed by atoms with Gasteiger partial charge < -0.3 is 14.6 Å². The highest BCUT2D eigenvalue weighted by Crippen LogP contribution is 2.28. The van der Waals surface area contributed by atoms with E-state index < -0.39 is 0 Å². The maximum absolute atomic E-state index is 9.24. The van der Waals surface area contributed by atoms with Crippen molar-refractivity contribution in [2.24, 2.45) is 5.92 Å². The highest BCUT2D eigenvalue weighted by atomic mass is 16.5. The summed E-state index contributed by atoms with van der Waals surface area (Å²) < 4.78 is 10.8. The molecule has 0 aliphatic carbocycles. The van der Waals surface area contributed by atoms with E-state index in [1.54, 1.807) is 7.11 Å². The van der Waals surface area contributed by atoms with Crippen LogP contribution >= 0.6 is 0 Å². The van der Waals surface area contributed by atoms with Crippen molar-refractivity contribution in [2.75, 3.05) is 20.3 Å². The summed E-state index contributed by atoms with van der Waals surface area (Å²) in [4.78, 5) is 0. The Bertz CT molecular complexity index is 385. The minimum Gasteiger partial charge on any atom is -0.497 e. The molecule has 1 atom stereocenters. The molecule has 0 bridgehead atoms. The number of aliphatic hydroxyl groups is 1. The van der Waals surface area contributed by atoms with E-state index in [1.165, 1.54) is 0 Å². The topological polar surface area (TPSA) is 38.7 Å². The van der Waals surface area contributed by atoms with E-state index in [0.717, 1.165) is 23.5 Å². The molecule has 0 fully saturated rings. The fourth-order valence-corrected chi connectivity index (χ4v) is 1.84. The fourth-order valence-electron chi connectivity index (χ4n) is 1.84. The standard InChI is InChI=1S/C13H16O3/c1-15-12-4-5-13-11(8-12)7-10(9-14)3-2-6-16-13/h2-5,8,10,14H,6-7,9H2,1H3/b3-2-. The Morgan fingerprint density at radius 1 is 1.50 bits per heavy atom. The zero-order valence-electron chi connectivity index (χ0n) is 9.35. The van der Waals surface area contributed by atoms with Crippen LogP contribution in [0.5, 0.6) is 11.5 Å². The summed E-state index contributed by atoms with van der Waals surface area (Å²) in [5.74, 6) is 1.86. The average Bonchev–Trinajstić information content (AvgIpc) is 2.30. The van der Waals surface area contributed by atoms with Gasteiger partial charge >= 0.3 is 0 Å². The SMILES string of the molecule is COc1ccc2c(c1)CC(CO)/C=C\CO2. The zero-order valence-corrected chi connectivity index (χ0v) is 9.35. The molecule has 86 valence electrons. The van der Waals surface area contributed by atoms with Crippen molar-refractivity contribution in [1.29, 1.82) is 0 Å². The third kappa shape index (κ3) is 2.36. The van der Waals surface area contributed by atoms with Crippen LogP contribution in [-0.2, 0) is 6.42 Å². The van der Waals surface area contributed by atoms with E-state index in [0.29, 0.717) is 6.61 Å². The van der Waals surface area contributed by atoms with Crippen LogP contribution in [0.1, 0.15) is 5.56 Å². The van der Waals surface area contributed by atoms with Gasteiger partial charge in [0.2, 0.25) is 0 Å². The van der Waals surface area contributed by atoms with Crippen molar-refractivity contribution in [3.8, 4) is 11.5 Å². The molecular formula is C13H16O3. The zero-order chi connectivity index (χ0) is 11.4. The maximum atomic E-state index is 9.24. The Labute approximate surface area is 95.3 Å². The molecule has 0 saturated carbocycles. The molecule has 1 aliphatic rings. The van der Waals surface area contributed by atoms with Gasteiger partial charge in [0.15, 0.2) is 0 Å². The van der Waals surface area contributed by atoms with Crippen molar-refractivity contribution >= 4 is 0 Å². The highest BCUT2D eigenvalue weighted by molar-refractivity contribution is 5.41. The lowest BCUT2D eigenvalue weighted by Crippen LogP contribution is -2.11. The van der Waals surface area contributed by atoms with Crippen LogP contribution in [0.2, 0.25) is 0 Å². The smallest absolute Gasteiger partial charge is 0.123 e. The third-order valence-corrected chi connectivity index (χ3v) is 2.73. The molecule has 0 saturated heterocycles. The van der Waals surface area contributed by atoms with E-state index in [-0.39, 0.29) is 12.5 Å². The van der Waals surface area contributed by atoms with Crippen LogP contribution in [0.4, 0.5) is 0 Å². The van der Waals surface area contributed by atoms with Gasteiger partial charge in [0.1, 0.15) is 18.1 Å². The molecule has 1 N–H and O–H groups in total. The molecule has 1 unspecified atom stereocenters. The number of ether oxygens (including phenoxy) is 2. The van der Waals surface area contributed by atoms with E-state index in [1.807, 2.05) is 30.4 Å². The molecule has 0 amide bonds. The summed E-state index contributed by atoms with van der Waals surface area (Å²) in [7, 11) is 1.65. The van der Waals surface area contributed by atoms with Gasteiger partial charge in [0, 0.05) is 12.5 Å². The first-order chi connectivity index (χ1) is 7.83. The van der Waals surface area contributed by atoms with Crippen LogP contribution in [0, 0.1) is 5.92 Å². The number of rotatable bonds is 2. The van der Waals surface area contributed by atoms with Gasteiger partial charge in [-0.2, -0.15) is 0 Å². The molecule has 1 aliphatic heterocycles. The van der Waals surface area contributed by atoms with Crippen molar-refractivity contribution in [3.05, 3.63) is 35.9 Å². The van der Waals surface area contributed by atoms with Gasteiger partial charge in [-0.15, -0.1) is 0 Å². The normalized spacial score (nSPS) is 21.2. The minimum absolute atomic E-state index is 0.160. The minimum atomic E-state index is 0.160. The Kier molecular flexibility index (Phi) is 3.47. The second-order valence-corrected chi connectivity index (χ2v) is 3.86. The van der Waals surface area contributed by atoms with Gasteiger partial charge in [-0.1, -0.05) is 12.2 Å². The van der Waals surface area contributed by atoms with Crippen LogP contribution < -0.4 is 9.47 Å². The van der Waals surface area contributed by atoms with Gasteiger partial charge in [-0.05, 0) is 30.2 Å². The predicted molar refractivity (Wildman–Crippen MR) is 61.9 cm³/mol. The van der Waals surface area contributed by atoms with Crippen LogP contribution in [0.15, 0.2) is 30.4 Å². The van der Waals surface area contributed by atoms with Gasteiger partial charge in [-0.25, -0.2) is 0 Å². The molecule has 2 rings (SSSR count). The van der Waals surface area contributed by atoms with Gasteiger partial charge in [0.25, 0.3) is 0 Å². The first-order valence-corrected chi connectivity index (χ1v) is 5.40. The Hall–Kier alpha value is -1.48. The summed E-state index contributed by atoms with van der Waals surface area (Å²) in [5, 5.41) is 9.24. The number of methoxy groups -OCH3 is 1. The molecule has 0 spiro atoms. The number of aliphatic hydroxyl groups excluding tert-OH is 1. The quantitative estimate of drug-likeness (QED) is 0.772. The molecule has 1 heterocycles. The van der Waals surface area contributed by atoms with Crippen molar-refractivity contribution < 1.29 is 14.6 Å². The van der Waals surface area contributed by atoms with E-state index in [4.69, 9.17) is 9.47 Å². The summed E-state index contributed by atoms with van der Waals surface area (Å²) in [6.45, 7) is 0.711. The summed E-state index contributed by atoms with van der Waals surface area (Å²) in [5.41, 5.74) is 1.09. The second-order valence-electron chi connectivity index (χ2n) is 3.86. The van der Waals surface area contributed by atoms with Gasteiger partial charge in [0.05, 0.1) is 7.11 Å². The summed E-state index contributed by atoms with van der Waals surface area (Å²) in [6, 6.07) is 5.77. The van der Waals surface area contributed by atoms with Crippen molar-refractivity contribution in [1.82, 2.24) is 0 Å². The lowest BCUT2D eigenvalue weighted by Gasteiger charge is -2.17. The largest absolute Gasteiger partial charge is 0.497 e. The number of benzene rings is 1. The second kappa shape index (κ2) is 5.03. The summed E-state index contributed by atoms with van der Waals surface area (Å²) in [6.07, 6.45) is 4.73. The predicted octanol–water partition coefficient (Wildman–Crippen LogP) is 1.79. The Morgan fingerprint density at radius 2 is 2.38 bits per heavy atom. The molecule has 1 aromatic rings. The van der Waals surface area contributed by atoms with E-state index in [9.17, 15) is 5.11 Å². The van der Waals surface area contributed by atoms with Crippen molar-refractivity contribution in [2.45, 2.75) is 6.42 Å². The average molecular weight is 220 g/mol. The van der Waals surface area contributed by atoms with Crippen LogP contribution in [-0.4, -0.2) is 25.4 Å². The van der Waals surface area contributed by atoms with Crippen LogP contribution in [0.25, 0.3) is 0 Å². The number of fused-ring (bicyclic) bond motifs is 1. The van der Waals surface area contributed by atoms with Crippen molar-refractivity contribution in [3.63, 3.8) is 0 Å². The van der Waals surface area contributed by atoms with Gasteiger partial charge in [-0.3, -0.25) is 0 Å². The molecular weight excluding hydrogens is 204 g/mol. The lowest BCUT2D eigenvalue weighted by atomic mass is 9.98. The van der Waals surface area contributed by atoms with E-state index >= 15 is 0 Å². The molecule has 3 heteroatoms. The monoisotopic (exact) mass is 220 g/mol. The fraction of sp³-hybridized carbons (Fsp3) is 0.385. The Balaban J connectivity index is 2.30. The first-order valence-electron chi connectivity index (χ1n) is 5.40. The van der Waals surface area contributed by atoms with E-state index in [2.05, 4.69) is 0 Å². The highest BCUT2D eigenvalue weighted by Gasteiger charge is 2.13.